The topological polar surface area (TPSA) is 83.7 Å². The van der Waals surface area contributed by atoms with Gasteiger partial charge in [0.25, 0.3) is 0 Å². The van der Waals surface area contributed by atoms with Gasteiger partial charge in [-0.05, 0) is 43.7 Å². The van der Waals surface area contributed by atoms with Crippen molar-refractivity contribution in [3.63, 3.8) is 0 Å². The minimum atomic E-state index is -3.67. The van der Waals surface area contributed by atoms with Gasteiger partial charge >= 0.3 is 0 Å². The molecule has 7 heteroatoms. The van der Waals surface area contributed by atoms with Crippen molar-refractivity contribution in [1.82, 2.24) is 9.21 Å². The smallest absolute Gasteiger partial charge is 0.243 e. The van der Waals surface area contributed by atoms with E-state index in [0.717, 1.165) is 12.0 Å². The molecule has 2 fully saturated rings. The number of carbonyl (C=O) groups is 1. The van der Waals surface area contributed by atoms with Crippen molar-refractivity contribution in [2.75, 3.05) is 19.6 Å². The van der Waals surface area contributed by atoms with Gasteiger partial charge in [-0.25, -0.2) is 8.42 Å². The Morgan fingerprint density at radius 3 is 2.42 bits per heavy atom. The average molecular weight is 380 g/mol. The van der Waals surface area contributed by atoms with E-state index in [0.29, 0.717) is 32.5 Å². The Kier molecular flexibility index (Phi) is 5.16. The summed E-state index contributed by atoms with van der Waals surface area (Å²) in [6.07, 6.45) is 2.03. The van der Waals surface area contributed by atoms with Crippen LogP contribution in [-0.2, 0) is 14.8 Å². The Balaban J connectivity index is 1.81. The zero-order chi connectivity index (χ0) is 19.1. The Bertz CT molecular complexity index is 774. The Morgan fingerprint density at radius 2 is 1.81 bits per heavy atom. The molecule has 2 aliphatic rings. The lowest BCUT2D eigenvalue weighted by atomic mass is 9.79. The number of benzene rings is 1. The fourth-order valence-corrected chi connectivity index (χ4v) is 5.54. The molecule has 2 heterocycles. The summed E-state index contributed by atoms with van der Waals surface area (Å²) < 4.78 is 27.5. The van der Waals surface area contributed by atoms with Crippen LogP contribution in [0, 0.1) is 12.3 Å². The lowest BCUT2D eigenvalue weighted by Crippen LogP contribution is -2.57. The zero-order valence-electron chi connectivity index (χ0n) is 15.8. The summed E-state index contributed by atoms with van der Waals surface area (Å²) in [4.78, 5) is 15.2. The summed E-state index contributed by atoms with van der Waals surface area (Å²) in [6, 6.07) is 6.26. The summed E-state index contributed by atoms with van der Waals surface area (Å²) in [6.45, 7) is 7.60. The second-order valence-electron chi connectivity index (χ2n) is 8.23. The Labute approximate surface area is 156 Å². The molecule has 0 spiro atoms. The van der Waals surface area contributed by atoms with Gasteiger partial charge in [-0.1, -0.05) is 31.5 Å². The van der Waals surface area contributed by atoms with E-state index in [9.17, 15) is 13.2 Å². The van der Waals surface area contributed by atoms with Crippen LogP contribution in [0.4, 0.5) is 0 Å². The van der Waals surface area contributed by atoms with Gasteiger partial charge in [0.2, 0.25) is 15.9 Å². The van der Waals surface area contributed by atoms with E-state index in [1.165, 1.54) is 4.31 Å². The molecule has 1 amide bonds. The van der Waals surface area contributed by atoms with E-state index >= 15 is 0 Å². The first kappa shape index (κ1) is 19.3. The van der Waals surface area contributed by atoms with Crippen LogP contribution in [0.1, 0.15) is 38.7 Å². The van der Waals surface area contributed by atoms with Crippen molar-refractivity contribution < 1.29 is 13.2 Å². The summed E-state index contributed by atoms with van der Waals surface area (Å²) >= 11 is 0. The molecule has 6 nitrogen and oxygen atoms in total. The predicted octanol–water partition coefficient (Wildman–Crippen LogP) is 1.73. The SMILES string of the molecule is Cc1ccc(S(=O)(=O)N2CCCC2C(=O)N2CCC(N)C(C)(C)C2)cc1. The third kappa shape index (κ3) is 3.52. The minimum absolute atomic E-state index is 0.0579. The van der Waals surface area contributed by atoms with Crippen molar-refractivity contribution >= 4 is 15.9 Å². The number of hydrogen-bond donors (Lipinski definition) is 1. The number of rotatable bonds is 3. The molecular formula is C19H29N3O3S. The first-order valence-electron chi connectivity index (χ1n) is 9.26. The summed E-state index contributed by atoms with van der Waals surface area (Å²) in [5.74, 6) is -0.0850. The van der Waals surface area contributed by atoms with E-state index in [1.807, 2.05) is 6.92 Å². The van der Waals surface area contributed by atoms with E-state index in [-0.39, 0.29) is 22.3 Å². The minimum Gasteiger partial charge on any atom is -0.341 e. The number of aryl methyl sites for hydroxylation is 1. The first-order chi connectivity index (χ1) is 12.1. The molecule has 0 aromatic heterocycles. The summed E-state index contributed by atoms with van der Waals surface area (Å²) in [7, 11) is -3.67. The first-order valence-corrected chi connectivity index (χ1v) is 10.7. The standard InChI is InChI=1S/C19H29N3O3S/c1-14-6-8-15(9-7-14)26(24,25)22-11-4-5-16(22)18(23)21-12-10-17(20)19(2,3)13-21/h6-9,16-17H,4-5,10-13,20H2,1-3H3. The van der Waals surface area contributed by atoms with Crippen molar-refractivity contribution in [3.05, 3.63) is 29.8 Å². The molecule has 144 valence electrons. The van der Waals surface area contributed by atoms with Gasteiger partial charge < -0.3 is 10.6 Å². The van der Waals surface area contributed by atoms with Gasteiger partial charge in [-0.15, -0.1) is 0 Å². The Hall–Kier alpha value is -1.44. The second-order valence-corrected chi connectivity index (χ2v) is 10.1. The Morgan fingerprint density at radius 1 is 1.15 bits per heavy atom. The maximum absolute atomic E-state index is 13.1. The lowest BCUT2D eigenvalue weighted by molar-refractivity contribution is -0.138. The van der Waals surface area contributed by atoms with Crippen LogP contribution in [0.5, 0.6) is 0 Å². The molecular weight excluding hydrogens is 350 g/mol. The number of sulfonamides is 1. The van der Waals surface area contributed by atoms with Crippen LogP contribution in [0.2, 0.25) is 0 Å². The number of hydrogen-bond acceptors (Lipinski definition) is 4. The number of likely N-dealkylation sites (tertiary alicyclic amines) is 1. The average Bonchev–Trinajstić information content (AvgIpc) is 3.07. The predicted molar refractivity (Wildman–Crippen MR) is 101 cm³/mol. The molecule has 3 rings (SSSR count). The summed E-state index contributed by atoms with van der Waals surface area (Å²) in [5.41, 5.74) is 7.01. The fourth-order valence-electron chi connectivity index (χ4n) is 3.89. The third-order valence-corrected chi connectivity index (χ3v) is 7.66. The number of nitrogens with zero attached hydrogens (tertiary/aromatic N) is 2. The van der Waals surface area contributed by atoms with Gasteiger partial charge in [-0.3, -0.25) is 4.79 Å². The van der Waals surface area contributed by atoms with Crippen LogP contribution >= 0.6 is 0 Å². The molecule has 2 aliphatic heterocycles. The molecule has 0 radical (unpaired) electrons. The molecule has 2 atom stereocenters. The highest BCUT2D eigenvalue weighted by atomic mass is 32.2. The third-order valence-electron chi connectivity index (χ3n) is 5.74. The van der Waals surface area contributed by atoms with Crippen molar-refractivity contribution in [2.24, 2.45) is 11.1 Å². The van der Waals surface area contributed by atoms with Gasteiger partial charge in [0.15, 0.2) is 0 Å². The second kappa shape index (κ2) is 6.94. The van der Waals surface area contributed by atoms with Gasteiger partial charge in [0.1, 0.15) is 6.04 Å². The lowest BCUT2D eigenvalue weighted by Gasteiger charge is -2.43. The monoisotopic (exact) mass is 379 g/mol. The van der Waals surface area contributed by atoms with E-state index < -0.39 is 16.1 Å². The molecule has 26 heavy (non-hydrogen) atoms. The van der Waals surface area contributed by atoms with Crippen molar-refractivity contribution in [2.45, 2.75) is 57.0 Å². The highest BCUT2D eigenvalue weighted by Gasteiger charge is 2.43. The van der Waals surface area contributed by atoms with Crippen LogP contribution in [0.3, 0.4) is 0 Å². The van der Waals surface area contributed by atoms with Gasteiger partial charge in [0, 0.05) is 25.7 Å². The number of amides is 1. The van der Waals surface area contributed by atoms with Gasteiger partial charge in [0.05, 0.1) is 4.90 Å². The molecule has 0 bridgehead atoms. The maximum atomic E-state index is 13.1. The van der Waals surface area contributed by atoms with E-state index in [2.05, 4.69) is 13.8 Å². The molecule has 2 saturated heterocycles. The molecule has 0 aliphatic carbocycles. The fraction of sp³-hybridized carbons (Fsp3) is 0.632. The number of piperidine rings is 1. The molecule has 2 N–H and O–H groups in total. The van der Waals surface area contributed by atoms with Crippen molar-refractivity contribution in [1.29, 1.82) is 0 Å². The normalized spacial score (nSPS) is 26.8. The van der Waals surface area contributed by atoms with E-state index in [4.69, 9.17) is 5.73 Å². The molecule has 0 saturated carbocycles. The highest BCUT2D eigenvalue weighted by molar-refractivity contribution is 7.89. The van der Waals surface area contributed by atoms with Crippen LogP contribution in [-0.4, -0.2) is 55.2 Å². The van der Waals surface area contributed by atoms with E-state index in [1.54, 1.807) is 29.2 Å². The maximum Gasteiger partial charge on any atom is 0.243 e. The molecule has 1 aromatic carbocycles. The number of nitrogens with two attached hydrogens (primary N) is 1. The highest BCUT2D eigenvalue weighted by Crippen LogP contribution is 2.32. The molecule has 2 unspecified atom stereocenters. The largest absolute Gasteiger partial charge is 0.341 e. The van der Waals surface area contributed by atoms with Crippen LogP contribution < -0.4 is 5.73 Å². The zero-order valence-corrected chi connectivity index (χ0v) is 16.6. The van der Waals surface area contributed by atoms with Crippen LogP contribution in [0.15, 0.2) is 29.2 Å². The van der Waals surface area contributed by atoms with Crippen LogP contribution in [0.25, 0.3) is 0 Å². The number of carbonyl (C=O) groups excluding carboxylic acids is 1. The summed E-state index contributed by atoms with van der Waals surface area (Å²) in [5, 5.41) is 0. The van der Waals surface area contributed by atoms with Crippen molar-refractivity contribution in [3.8, 4) is 0 Å². The quantitative estimate of drug-likeness (QED) is 0.867. The molecule has 1 aromatic rings. The van der Waals surface area contributed by atoms with Gasteiger partial charge in [-0.2, -0.15) is 4.31 Å².